The second-order valence-electron chi connectivity index (χ2n) is 3.62. The molecule has 1 radical (unpaired) electrons. The molecule has 1 rings (SSSR count). The van der Waals surface area contributed by atoms with Gasteiger partial charge in [-0.05, 0) is 11.2 Å². The lowest BCUT2D eigenvalue weighted by Gasteiger charge is -2.09. The molecule has 14 heavy (non-hydrogen) atoms. The highest BCUT2D eigenvalue weighted by Crippen LogP contribution is 2.11. The summed E-state index contributed by atoms with van der Waals surface area (Å²) >= 11 is 11.4. The molecule has 0 heterocycles. The first-order valence-electron chi connectivity index (χ1n) is 4.38. The van der Waals surface area contributed by atoms with Crippen molar-refractivity contribution in [1.82, 2.24) is 0 Å². The van der Waals surface area contributed by atoms with Crippen molar-refractivity contribution in [3.05, 3.63) is 29.8 Å². The first kappa shape index (κ1) is 12.3. The van der Waals surface area contributed by atoms with E-state index in [0.717, 1.165) is 6.04 Å². The number of hydrogen-bond donors (Lipinski definition) is 1. The van der Waals surface area contributed by atoms with Gasteiger partial charge in [0, 0.05) is 8.80 Å². The summed E-state index contributed by atoms with van der Waals surface area (Å²) in [5.74, 6) is 0. The molecule has 0 aliphatic heterocycles. The van der Waals surface area contributed by atoms with Crippen LogP contribution in [0.15, 0.2) is 24.3 Å². The molecule has 5 heteroatoms. The van der Waals surface area contributed by atoms with Crippen LogP contribution in [0.3, 0.4) is 0 Å². The van der Waals surface area contributed by atoms with Crippen LogP contribution in [0.1, 0.15) is 5.56 Å². The van der Waals surface area contributed by atoms with Crippen LogP contribution in [0.5, 0.6) is 0 Å². The summed E-state index contributed by atoms with van der Waals surface area (Å²) in [6, 6.07) is 8.78. The Kier molecular flexibility index (Phi) is 4.21. The van der Waals surface area contributed by atoms with E-state index in [9.17, 15) is 4.80 Å². The molecule has 0 aliphatic carbocycles. The van der Waals surface area contributed by atoms with Gasteiger partial charge in [-0.1, -0.05) is 42.9 Å². The molecule has 0 atom stereocenters. The van der Waals surface area contributed by atoms with Gasteiger partial charge >= 0.3 is 6.94 Å². The van der Waals surface area contributed by atoms with E-state index in [1.807, 2.05) is 24.3 Å². The van der Waals surface area contributed by atoms with Crippen LogP contribution in [0, 0.1) is 0 Å². The van der Waals surface area contributed by atoms with E-state index < -0.39 is 6.94 Å². The molecule has 1 nitrogen and oxygen atoms in total. The molecule has 0 aliphatic rings. The van der Waals surface area contributed by atoms with Gasteiger partial charge in [-0.15, -0.1) is 22.2 Å². The van der Waals surface area contributed by atoms with Gasteiger partial charge in [0.15, 0.2) is 0 Å². The Morgan fingerprint density at radius 2 is 1.71 bits per heavy atom. The number of benzene rings is 1. The Bertz CT molecular complexity index is 293. The first-order valence-corrected chi connectivity index (χ1v) is 11.1. The molecule has 1 aromatic rings. The summed E-state index contributed by atoms with van der Waals surface area (Å²) < 4.78 is 0. The van der Waals surface area contributed by atoms with Crippen molar-refractivity contribution in [3.8, 4) is 0 Å². The zero-order valence-electron chi connectivity index (χ0n) is 8.22. The lowest BCUT2D eigenvalue weighted by Crippen LogP contribution is -2.36. The van der Waals surface area contributed by atoms with E-state index in [0.29, 0.717) is 5.19 Å². The maximum Gasteiger partial charge on any atom is 0.420 e. The minimum Gasteiger partial charge on any atom is -0.405 e. The molecule has 1 N–H and O–H groups in total. The largest absolute Gasteiger partial charge is 0.420 e. The van der Waals surface area contributed by atoms with Crippen molar-refractivity contribution in [1.29, 1.82) is 0 Å². The smallest absolute Gasteiger partial charge is 0.405 e. The van der Waals surface area contributed by atoms with Crippen molar-refractivity contribution >= 4 is 43.1 Å². The molecule has 0 aromatic heterocycles. The van der Waals surface area contributed by atoms with E-state index >= 15 is 0 Å². The number of halogens is 2. The SMILES string of the molecule is C[Si](C)Cc1ccc([Si](O)(Cl)Cl)cc1. The fourth-order valence-electron chi connectivity index (χ4n) is 1.23. The average molecular weight is 264 g/mol. The van der Waals surface area contributed by atoms with Gasteiger partial charge in [0.25, 0.3) is 0 Å². The van der Waals surface area contributed by atoms with Crippen molar-refractivity contribution in [2.45, 2.75) is 19.1 Å². The van der Waals surface area contributed by atoms with Gasteiger partial charge in [0.1, 0.15) is 0 Å². The standard InChI is InChI=1S/C9H13Cl2OSi2/c1-13(2)7-8-3-5-9(6-4-8)14(10,11)12/h3-6,12H,7H2,1-2H3. The van der Waals surface area contributed by atoms with Gasteiger partial charge in [-0.25, -0.2) is 0 Å². The molecule has 1 aromatic carbocycles. The van der Waals surface area contributed by atoms with Crippen molar-refractivity contribution in [2.24, 2.45) is 0 Å². The normalized spacial score (nSPS) is 12.1. The Morgan fingerprint density at radius 1 is 1.21 bits per heavy atom. The Balaban J connectivity index is 2.79. The number of hydrogen-bond acceptors (Lipinski definition) is 1. The zero-order valence-corrected chi connectivity index (χ0v) is 11.7. The molecule has 0 bridgehead atoms. The predicted molar refractivity (Wildman–Crippen MR) is 66.9 cm³/mol. The maximum atomic E-state index is 9.44. The van der Waals surface area contributed by atoms with Gasteiger partial charge in [0.05, 0.1) is 0 Å². The molecular formula is C9H13Cl2OSi2. The molecular weight excluding hydrogens is 251 g/mol. The zero-order chi connectivity index (χ0) is 10.8. The molecule has 0 fully saturated rings. The summed E-state index contributed by atoms with van der Waals surface area (Å²) in [7, 11) is -0.252. The summed E-state index contributed by atoms with van der Waals surface area (Å²) in [6.07, 6.45) is 0. The minimum atomic E-state index is -3.14. The van der Waals surface area contributed by atoms with Crippen LogP contribution in [0.4, 0.5) is 0 Å². The summed E-state index contributed by atoms with van der Waals surface area (Å²) in [5, 5.41) is 0.658. The highest BCUT2D eigenvalue weighted by Gasteiger charge is 2.28. The summed E-state index contributed by atoms with van der Waals surface area (Å²) in [6.45, 7) is 1.40. The van der Waals surface area contributed by atoms with Crippen molar-refractivity contribution in [3.63, 3.8) is 0 Å². The van der Waals surface area contributed by atoms with Gasteiger partial charge in [-0.3, -0.25) is 0 Å². The maximum absolute atomic E-state index is 9.44. The average Bonchev–Trinajstić information content (AvgIpc) is 2.02. The topological polar surface area (TPSA) is 20.2 Å². The highest BCUT2D eigenvalue weighted by atomic mass is 35.7. The minimum absolute atomic E-state index is 0.252. The van der Waals surface area contributed by atoms with E-state index in [1.165, 1.54) is 5.56 Å². The van der Waals surface area contributed by atoms with Crippen LogP contribution < -0.4 is 5.19 Å². The fraction of sp³-hybridized carbons (Fsp3) is 0.333. The van der Waals surface area contributed by atoms with Crippen LogP contribution in [0.2, 0.25) is 13.1 Å². The molecule has 0 saturated heterocycles. The fourth-order valence-corrected chi connectivity index (χ4v) is 3.61. The molecule has 0 amide bonds. The first-order chi connectivity index (χ1) is 6.39. The predicted octanol–water partition coefficient (Wildman–Crippen LogP) is 2.14. The lowest BCUT2D eigenvalue weighted by atomic mass is 10.2. The van der Waals surface area contributed by atoms with E-state index in [1.54, 1.807) is 0 Å². The quantitative estimate of drug-likeness (QED) is 0.655. The van der Waals surface area contributed by atoms with E-state index in [4.69, 9.17) is 22.2 Å². The lowest BCUT2D eigenvalue weighted by molar-refractivity contribution is 0.598. The molecule has 77 valence electrons. The third-order valence-corrected chi connectivity index (χ3v) is 5.31. The van der Waals surface area contributed by atoms with Gasteiger partial charge < -0.3 is 4.80 Å². The summed E-state index contributed by atoms with van der Waals surface area (Å²) in [4.78, 5) is 9.44. The van der Waals surface area contributed by atoms with Crippen molar-refractivity contribution in [2.75, 3.05) is 0 Å². The van der Waals surface area contributed by atoms with Crippen LogP contribution >= 0.6 is 22.2 Å². The van der Waals surface area contributed by atoms with E-state index in [-0.39, 0.29) is 8.80 Å². The van der Waals surface area contributed by atoms with Gasteiger partial charge in [0.2, 0.25) is 0 Å². The third kappa shape index (κ3) is 3.75. The Hall–Kier alpha value is 0.194. The van der Waals surface area contributed by atoms with Crippen LogP contribution in [-0.2, 0) is 6.04 Å². The van der Waals surface area contributed by atoms with Crippen LogP contribution in [0.25, 0.3) is 0 Å². The van der Waals surface area contributed by atoms with Crippen LogP contribution in [-0.4, -0.2) is 20.5 Å². The number of rotatable bonds is 3. The van der Waals surface area contributed by atoms with Crippen molar-refractivity contribution < 1.29 is 4.80 Å². The molecule has 0 saturated carbocycles. The second kappa shape index (κ2) is 4.81. The monoisotopic (exact) mass is 263 g/mol. The second-order valence-corrected chi connectivity index (χ2v) is 11.9. The van der Waals surface area contributed by atoms with E-state index in [2.05, 4.69) is 13.1 Å². The summed E-state index contributed by atoms with van der Waals surface area (Å²) in [5.41, 5.74) is 1.29. The van der Waals surface area contributed by atoms with Gasteiger partial charge in [-0.2, -0.15) is 0 Å². The Morgan fingerprint density at radius 3 is 2.07 bits per heavy atom. The highest BCUT2D eigenvalue weighted by molar-refractivity contribution is 7.47. The Labute approximate surface area is 96.8 Å². The molecule has 0 spiro atoms. The third-order valence-electron chi connectivity index (χ3n) is 1.86. The molecule has 0 unspecified atom stereocenters.